The molecule has 1 N–H and O–H groups in total. The SMILES string of the molecule is CSc1nc(-c2cccc(-c3noc(C)n3)c2)c(C#N)c(=O)[nH]1. The average molecular weight is 325 g/mol. The molecular weight excluding hydrogens is 314 g/mol. The van der Waals surface area contributed by atoms with E-state index < -0.39 is 5.56 Å². The molecule has 0 spiro atoms. The van der Waals surface area contributed by atoms with Crippen molar-refractivity contribution in [2.24, 2.45) is 0 Å². The second-order valence-electron chi connectivity index (χ2n) is 4.63. The molecule has 2 aromatic heterocycles. The van der Waals surface area contributed by atoms with Gasteiger partial charge in [-0.3, -0.25) is 4.79 Å². The van der Waals surface area contributed by atoms with Crippen molar-refractivity contribution in [3.05, 3.63) is 46.1 Å². The van der Waals surface area contributed by atoms with Crippen LogP contribution < -0.4 is 5.56 Å². The predicted octanol–water partition coefficient (Wildman–Crippen LogP) is 2.39. The summed E-state index contributed by atoms with van der Waals surface area (Å²) < 4.78 is 4.98. The molecule has 0 unspecified atom stereocenters. The van der Waals surface area contributed by atoms with Crippen molar-refractivity contribution in [2.45, 2.75) is 12.1 Å². The highest BCUT2D eigenvalue weighted by Crippen LogP contribution is 2.25. The molecule has 2 heterocycles. The summed E-state index contributed by atoms with van der Waals surface area (Å²) in [5, 5.41) is 13.6. The van der Waals surface area contributed by atoms with E-state index in [9.17, 15) is 10.1 Å². The minimum Gasteiger partial charge on any atom is -0.339 e. The number of nitriles is 1. The lowest BCUT2D eigenvalue weighted by atomic mass is 10.0. The Labute approximate surface area is 135 Å². The van der Waals surface area contributed by atoms with Crippen LogP contribution in [-0.4, -0.2) is 26.4 Å². The Bertz CT molecular complexity index is 970. The molecule has 0 bridgehead atoms. The Balaban J connectivity index is 2.18. The van der Waals surface area contributed by atoms with Gasteiger partial charge < -0.3 is 9.51 Å². The molecule has 3 aromatic rings. The standard InChI is InChI=1S/C15H11N5O2S/c1-8-17-13(20-22-8)10-5-3-4-9(6-10)12-11(7-16)14(21)19-15(18-12)23-2/h3-6H,1-2H3,(H,18,19,21). The van der Waals surface area contributed by atoms with Gasteiger partial charge in [0, 0.05) is 18.1 Å². The molecule has 1 aromatic carbocycles. The summed E-state index contributed by atoms with van der Waals surface area (Å²) >= 11 is 1.30. The maximum absolute atomic E-state index is 12.0. The number of nitrogens with one attached hydrogen (secondary N) is 1. The number of hydrogen-bond acceptors (Lipinski definition) is 7. The van der Waals surface area contributed by atoms with Crippen LogP contribution in [0.2, 0.25) is 0 Å². The van der Waals surface area contributed by atoms with E-state index in [1.807, 2.05) is 12.1 Å². The van der Waals surface area contributed by atoms with E-state index in [1.165, 1.54) is 11.8 Å². The number of aromatic amines is 1. The van der Waals surface area contributed by atoms with E-state index in [0.29, 0.717) is 28.1 Å². The number of aryl methyl sites for hydroxylation is 1. The molecule has 0 atom stereocenters. The number of aromatic nitrogens is 4. The van der Waals surface area contributed by atoms with E-state index in [4.69, 9.17) is 4.52 Å². The van der Waals surface area contributed by atoms with Gasteiger partial charge in [0.1, 0.15) is 11.6 Å². The van der Waals surface area contributed by atoms with Gasteiger partial charge in [-0.15, -0.1) is 0 Å². The molecule has 3 rings (SSSR count). The van der Waals surface area contributed by atoms with Crippen LogP contribution in [0.3, 0.4) is 0 Å². The molecule has 0 aliphatic rings. The summed E-state index contributed by atoms with van der Waals surface area (Å²) in [5.41, 5.74) is 1.22. The van der Waals surface area contributed by atoms with Crippen molar-refractivity contribution in [3.8, 4) is 28.7 Å². The van der Waals surface area contributed by atoms with Crippen LogP contribution in [0.25, 0.3) is 22.6 Å². The van der Waals surface area contributed by atoms with Gasteiger partial charge in [-0.05, 0) is 12.3 Å². The zero-order chi connectivity index (χ0) is 16.4. The van der Waals surface area contributed by atoms with Crippen molar-refractivity contribution in [2.75, 3.05) is 6.26 Å². The first-order valence-electron chi connectivity index (χ1n) is 6.62. The molecule has 8 heteroatoms. The van der Waals surface area contributed by atoms with Crippen LogP contribution >= 0.6 is 11.8 Å². The van der Waals surface area contributed by atoms with Gasteiger partial charge in [-0.1, -0.05) is 35.1 Å². The molecule has 0 saturated carbocycles. The zero-order valence-corrected chi connectivity index (χ0v) is 13.1. The van der Waals surface area contributed by atoms with Gasteiger partial charge >= 0.3 is 0 Å². The van der Waals surface area contributed by atoms with Gasteiger partial charge in [-0.25, -0.2) is 4.98 Å². The summed E-state index contributed by atoms with van der Waals surface area (Å²) in [7, 11) is 0. The number of benzene rings is 1. The van der Waals surface area contributed by atoms with Crippen molar-refractivity contribution >= 4 is 11.8 Å². The Morgan fingerprint density at radius 3 is 2.74 bits per heavy atom. The first-order valence-corrected chi connectivity index (χ1v) is 7.84. The van der Waals surface area contributed by atoms with E-state index >= 15 is 0 Å². The number of nitrogens with zero attached hydrogens (tertiary/aromatic N) is 4. The molecule has 0 aliphatic heterocycles. The largest absolute Gasteiger partial charge is 0.339 e. The van der Waals surface area contributed by atoms with Gasteiger partial charge in [0.25, 0.3) is 5.56 Å². The maximum atomic E-state index is 12.0. The minimum absolute atomic E-state index is 0.0238. The lowest BCUT2D eigenvalue weighted by Crippen LogP contribution is -2.14. The maximum Gasteiger partial charge on any atom is 0.270 e. The van der Waals surface area contributed by atoms with E-state index in [0.717, 1.165) is 5.56 Å². The monoisotopic (exact) mass is 325 g/mol. The molecule has 0 aliphatic carbocycles. The lowest BCUT2D eigenvalue weighted by molar-refractivity contribution is 0.394. The predicted molar refractivity (Wildman–Crippen MR) is 84.8 cm³/mol. The summed E-state index contributed by atoms with van der Waals surface area (Å²) in [4.78, 5) is 23.1. The Morgan fingerprint density at radius 1 is 1.30 bits per heavy atom. The third-order valence-electron chi connectivity index (χ3n) is 3.12. The fourth-order valence-corrected chi connectivity index (χ4v) is 2.46. The van der Waals surface area contributed by atoms with E-state index in [1.54, 1.807) is 31.4 Å². The molecule has 0 fully saturated rings. The van der Waals surface area contributed by atoms with Crippen LogP contribution in [-0.2, 0) is 0 Å². The third kappa shape index (κ3) is 2.86. The van der Waals surface area contributed by atoms with Crippen molar-refractivity contribution in [1.82, 2.24) is 20.1 Å². The third-order valence-corrected chi connectivity index (χ3v) is 3.70. The molecule has 23 heavy (non-hydrogen) atoms. The topological polar surface area (TPSA) is 108 Å². The molecular formula is C15H11N5O2S. The molecule has 7 nitrogen and oxygen atoms in total. The van der Waals surface area contributed by atoms with Gasteiger partial charge in [0.2, 0.25) is 11.7 Å². The number of thioether (sulfide) groups is 1. The Morgan fingerprint density at radius 2 is 2.09 bits per heavy atom. The van der Waals surface area contributed by atoms with Crippen LogP contribution in [0.5, 0.6) is 0 Å². The highest BCUT2D eigenvalue weighted by molar-refractivity contribution is 7.98. The van der Waals surface area contributed by atoms with Crippen LogP contribution in [0.1, 0.15) is 11.5 Å². The van der Waals surface area contributed by atoms with Crippen LogP contribution in [0, 0.1) is 18.3 Å². The highest BCUT2D eigenvalue weighted by atomic mass is 32.2. The molecule has 114 valence electrons. The summed E-state index contributed by atoms with van der Waals surface area (Å²) in [6, 6.07) is 9.08. The van der Waals surface area contributed by atoms with Crippen molar-refractivity contribution in [1.29, 1.82) is 5.26 Å². The molecule has 0 saturated heterocycles. The first-order chi connectivity index (χ1) is 11.1. The lowest BCUT2D eigenvalue weighted by Gasteiger charge is -2.06. The quantitative estimate of drug-likeness (QED) is 0.581. The smallest absolute Gasteiger partial charge is 0.270 e. The minimum atomic E-state index is -0.456. The second-order valence-corrected chi connectivity index (χ2v) is 5.42. The average Bonchev–Trinajstić information content (AvgIpc) is 3.00. The van der Waals surface area contributed by atoms with Gasteiger partial charge in [-0.2, -0.15) is 10.2 Å². The fraction of sp³-hybridized carbons (Fsp3) is 0.133. The summed E-state index contributed by atoms with van der Waals surface area (Å²) in [5.74, 6) is 0.903. The molecule has 0 amide bonds. The van der Waals surface area contributed by atoms with Crippen LogP contribution in [0.15, 0.2) is 38.7 Å². The number of rotatable bonds is 3. The molecule has 0 radical (unpaired) electrons. The van der Waals surface area contributed by atoms with Gasteiger partial charge in [0.15, 0.2) is 5.16 Å². The van der Waals surface area contributed by atoms with E-state index in [-0.39, 0.29) is 5.56 Å². The first kappa shape index (κ1) is 15.0. The Kier molecular flexibility index (Phi) is 3.95. The highest BCUT2D eigenvalue weighted by Gasteiger charge is 2.14. The summed E-state index contributed by atoms with van der Waals surface area (Å²) in [6.45, 7) is 1.71. The second kappa shape index (κ2) is 6.06. The zero-order valence-electron chi connectivity index (χ0n) is 12.3. The fourth-order valence-electron chi connectivity index (χ4n) is 2.08. The van der Waals surface area contributed by atoms with Gasteiger partial charge in [0.05, 0.1) is 5.69 Å². The van der Waals surface area contributed by atoms with Crippen molar-refractivity contribution < 1.29 is 4.52 Å². The summed E-state index contributed by atoms with van der Waals surface area (Å²) in [6.07, 6.45) is 1.80. The number of H-pyrrole nitrogens is 1. The van der Waals surface area contributed by atoms with Crippen LogP contribution in [0.4, 0.5) is 0 Å². The normalized spacial score (nSPS) is 10.5. The van der Waals surface area contributed by atoms with Crippen molar-refractivity contribution in [3.63, 3.8) is 0 Å². The number of hydrogen-bond donors (Lipinski definition) is 1. The Hall–Kier alpha value is -2.92. The van der Waals surface area contributed by atoms with E-state index in [2.05, 4.69) is 20.1 Å².